The van der Waals surface area contributed by atoms with Crippen LogP contribution < -0.4 is 10.6 Å². The van der Waals surface area contributed by atoms with Crippen LogP contribution in [0.1, 0.15) is 36.3 Å². The summed E-state index contributed by atoms with van der Waals surface area (Å²) in [6.45, 7) is 0.121. The molecule has 0 fully saturated rings. The number of alkyl carbamates (subject to hydrolysis) is 1. The Kier molecular flexibility index (Phi) is 6.98. The Morgan fingerprint density at radius 2 is 1.74 bits per heavy atom. The molecule has 2 aromatic rings. The molecule has 0 heterocycles. The molecule has 34 heavy (non-hydrogen) atoms. The fourth-order valence-electron chi connectivity index (χ4n) is 4.59. The molecule has 0 aliphatic heterocycles. The number of carboxylic acid groups (broad SMARTS) is 1. The normalized spacial score (nSPS) is 19.3. The Balaban J connectivity index is 1.37. The van der Waals surface area contributed by atoms with Gasteiger partial charge in [-0.3, -0.25) is 9.59 Å². The summed E-state index contributed by atoms with van der Waals surface area (Å²) in [5.74, 6) is 0.359. The van der Waals surface area contributed by atoms with Crippen LogP contribution in [0.5, 0.6) is 0 Å². The zero-order valence-corrected chi connectivity index (χ0v) is 18.6. The van der Waals surface area contributed by atoms with Crippen molar-refractivity contribution in [2.75, 3.05) is 6.61 Å². The number of terminal acetylenes is 1. The van der Waals surface area contributed by atoms with Crippen molar-refractivity contribution >= 4 is 18.0 Å². The maximum atomic E-state index is 12.7. The molecule has 0 bridgehead atoms. The molecule has 2 amide bonds. The van der Waals surface area contributed by atoms with E-state index in [-0.39, 0.29) is 25.4 Å². The van der Waals surface area contributed by atoms with Crippen molar-refractivity contribution in [1.29, 1.82) is 0 Å². The number of carbonyl (C=O) groups excluding carboxylic acids is 2. The number of amides is 2. The van der Waals surface area contributed by atoms with Gasteiger partial charge in [0.2, 0.25) is 5.91 Å². The van der Waals surface area contributed by atoms with Crippen molar-refractivity contribution in [3.8, 4) is 23.5 Å². The van der Waals surface area contributed by atoms with Gasteiger partial charge < -0.3 is 20.5 Å². The van der Waals surface area contributed by atoms with Gasteiger partial charge in [-0.05, 0) is 35.1 Å². The molecule has 1 unspecified atom stereocenters. The second-order valence-corrected chi connectivity index (χ2v) is 8.48. The first-order chi connectivity index (χ1) is 16.5. The first-order valence-electron chi connectivity index (χ1n) is 11.2. The molecule has 2 aliphatic rings. The molecular formula is C27H26N2O5. The minimum atomic E-state index is -0.987. The van der Waals surface area contributed by atoms with E-state index < -0.39 is 36.0 Å². The number of hydrogen-bond donors (Lipinski definition) is 3. The highest BCUT2D eigenvalue weighted by molar-refractivity contribution is 5.86. The summed E-state index contributed by atoms with van der Waals surface area (Å²) >= 11 is 0. The van der Waals surface area contributed by atoms with Crippen LogP contribution in [-0.2, 0) is 14.3 Å². The first kappa shape index (κ1) is 23.1. The Morgan fingerprint density at radius 1 is 1.09 bits per heavy atom. The summed E-state index contributed by atoms with van der Waals surface area (Å²) in [7, 11) is 0. The van der Waals surface area contributed by atoms with Gasteiger partial charge in [-0.15, -0.1) is 12.3 Å². The molecule has 3 N–H and O–H groups in total. The third kappa shape index (κ3) is 4.96. The summed E-state index contributed by atoms with van der Waals surface area (Å²) < 4.78 is 5.51. The van der Waals surface area contributed by atoms with E-state index in [1.807, 2.05) is 36.4 Å². The van der Waals surface area contributed by atoms with E-state index in [9.17, 15) is 19.5 Å². The molecule has 4 rings (SSSR count). The Hall–Kier alpha value is -4.05. The molecule has 0 aromatic heterocycles. The molecule has 2 aliphatic carbocycles. The maximum Gasteiger partial charge on any atom is 0.407 e. The van der Waals surface area contributed by atoms with Crippen molar-refractivity contribution in [2.45, 2.75) is 37.3 Å². The molecule has 0 radical (unpaired) electrons. The van der Waals surface area contributed by atoms with Crippen molar-refractivity contribution in [1.82, 2.24) is 10.6 Å². The second kappa shape index (κ2) is 10.3. The van der Waals surface area contributed by atoms with Gasteiger partial charge in [0.15, 0.2) is 0 Å². The highest BCUT2D eigenvalue weighted by Crippen LogP contribution is 2.44. The lowest BCUT2D eigenvalue weighted by Crippen LogP contribution is -2.50. The molecule has 0 spiro atoms. The number of rotatable bonds is 7. The van der Waals surface area contributed by atoms with Crippen LogP contribution in [0.15, 0.2) is 60.7 Å². The van der Waals surface area contributed by atoms with E-state index in [0.29, 0.717) is 6.42 Å². The zero-order valence-electron chi connectivity index (χ0n) is 18.6. The van der Waals surface area contributed by atoms with Crippen molar-refractivity contribution in [2.24, 2.45) is 5.92 Å². The standard InChI is InChI=1S/C27H26N2O5/c1-2-8-24(25(30)28-18-10-7-9-17(15-18)26(31)32)29-27(33)34-16-23-21-13-5-3-11-19(21)20-12-4-6-14-22(20)23/h1,3-7,10-14,17-18,23-24H,8-9,15-16H2,(H,28,30)(H,29,33)(H,31,32)/t17-,18-,24?/m1/s1. The van der Waals surface area contributed by atoms with Gasteiger partial charge in [-0.2, -0.15) is 0 Å². The number of carboxylic acids is 1. The monoisotopic (exact) mass is 458 g/mol. The van der Waals surface area contributed by atoms with Crippen molar-refractivity contribution < 1.29 is 24.2 Å². The largest absolute Gasteiger partial charge is 0.481 e. The summed E-state index contributed by atoms with van der Waals surface area (Å²) in [6.07, 6.45) is 8.86. The topological polar surface area (TPSA) is 105 Å². The number of fused-ring (bicyclic) bond motifs is 3. The van der Waals surface area contributed by atoms with E-state index >= 15 is 0 Å². The average molecular weight is 459 g/mol. The van der Waals surface area contributed by atoms with Gasteiger partial charge in [0.05, 0.1) is 5.92 Å². The molecule has 2 aromatic carbocycles. The minimum Gasteiger partial charge on any atom is -0.481 e. The number of carbonyl (C=O) groups is 3. The molecule has 0 saturated heterocycles. The predicted octanol–water partition coefficient (Wildman–Crippen LogP) is 3.45. The van der Waals surface area contributed by atoms with Gasteiger partial charge in [0, 0.05) is 18.4 Å². The van der Waals surface area contributed by atoms with Gasteiger partial charge >= 0.3 is 12.1 Å². The minimum absolute atomic E-state index is 0.0190. The third-order valence-corrected chi connectivity index (χ3v) is 6.28. The SMILES string of the molecule is C#CCC(NC(=O)OCC1c2ccccc2-c2ccccc21)C(=O)N[C@@H]1C=CC[C@@H](C(=O)O)C1. The van der Waals surface area contributed by atoms with E-state index in [0.717, 1.165) is 22.3 Å². The number of benzene rings is 2. The van der Waals surface area contributed by atoms with Gasteiger partial charge in [0.1, 0.15) is 12.6 Å². The lowest BCUT2D eigenvalue weighted by Gasteiger charge is -2.25. The molecule has 7 nitrogen and oxygen atoms in total. The van der Waals surface area contributed by atoms with Gasteiger partial charge in [0.25, 0.3) is 0 Å². The van der Waals surface area contributed by atoms with Crippen LogP contribution in [0.4, 0.5) is 4.79 Å². The van der Waals surface area contributed by atoms with Crippen molar-refractivity contribution in [3.05, 3.63) is 71.8 Å². The summed E-state index contributed by atoms with van der Waals surface area (Å²) in [5, 5.41) is 14.5. The van der Waals surface area contributed by atoms with E-state index in [2.05, 4.69) is 28.7 Å². The van der Waals surface area contributed by atoms with E-state index in [1.54, 1.807) is 12.2 Å². The van der Waals surface area contributed by atoms with Crippen LogP contribution in [-0.4, -0.2) is 41.8 Å². The number of nitrogens with one attached hydrogen (secondary N) is 2. The number of hydrogen-bond acceptors (Lipinski definition) is 4. The van der Waals surface area contributed by atoms with Crippen LogP contribution in [0, 0.1) is 18.3 Å². The third-order valence-electron chi connectivity index (χ3n) is 6.28. The number of allylic oxidation sites excluding steroid dienone is 1. The number of aliphatic carboxylic acids is 1. The lowest BCUT2D eigenvalue weighted by atomic mass is 9.91. The van der Waals surface area contributed by atoms with Crippen LogP contribution in [0.3, 0.4) is 0 Å². The highest BCUT2D eigenvalue weighted by Gasteiger charge is 2.30. The fraction of sp³-hybridized carbons (Fsp3) is 0.296. The molecular weight excluding hydrogens is 432 g/mol. The Labute approximate surface area is 198 Å². The molecule has 7 heteroatoms. The van der Waals surface area contributed by atoms with Gasteiger partial charge in [-0.1, -0.05) is 60.7 Å². The van der Waals surface area contributed by atoms with Crippen LogP contribution in [0.2, 0.25) is 0 Å². The lowest BCUT2D eigenvalue weighted by molar-refractivity contribution is -0.142. The second-order valence-electron chi connectivity index (χ2n) is 8.48. The summed E-state index contributed by atoms with van der Waals surface area (Å²) in [4.78, 5) is 36.6. The molecule has 0 saturated carbocycles. The van der Waals surface area contributed by atoms with Crippen molar-refractivity contribution in [3.63, 3.8) is 0 Å². The highest BCUT2D eigenvalue weighted by atomic mass is 16.5. The molecule has 3 atom stereocenters. The average Bonchev–Trinajstić information content (AvgIpc) is 3.16. The van der Waals surface area contributed by atoms with Gasteiger partial charge in [-0.25, -0.2) is 4.79 Å². The van der Waals surface area contributed by atoms with Crippen LogP contribution >= 0.6 is 0 Å². The van der Waals surface area contributed by atoms with E-state index in [4.69, 9.17) is 11.2 Å². The fourth-order valence-corrected chi connectivity index (χ4v) is 4.59. The first-order valence-corrected chi connectivity index (χ1v) is 11.2. The summed E-state index contributed by atoms with van der Waals surface area (Å²) in [5.41, 5.74) is 4.42. The molecule has 174 valence electrons. The quantitative estimate of drug-likeness (QED) is 0.435. The van der Waals surface area contributed by atoms with E-state index in [1.165, 1.54) is 0 Å². The smallest absolute Gasteiger partial charge is 0.407 e. The predicted molar refractivity (Wildman–Crippen MR) is 127 cm³/mol. The Morgan fingerprint density at radius 3 is 2.35 bits per heavy atom. The maximum absolute atomic E-state index is 12.7. The zero-order chi connectivity index (χ0) is 24.1. The number of ether oxygens (including phenoxy) is 1. The Bertz CT molecular complexity index is 1120. The van der Waals surface area contributed by atoms with Crippen LogP contribution in [0.25, 0.3) is 11.1 Å². The summed E-state index contributed by atoms with van der Waals surface area (Å²) in [6, 6.07) is 14.6.